The predicted octanol–water partition coefficient (Wildman–Crippen LogP) is 4.44. The first kappa shape index (κ1) is 26.2. The number of methoxy groups -OCH3 is 2. The van der Waals surface area contributed by atoms with Crippen molar-refractivity contribution in [2.75, 3.05) is 26.1 Å². The Balaban J connectivity index is 2.31. The van der Waals surface area contributed by atoms with E-state index in [1.165, 1.54) is 12.0 Å². The molecule has 0 aliphatic heterocycles. The number of anilines is 1. The van der Waals surface area contributed by atoms with Crippen LogP contribution in [-0.2, 0) is 15.7 Å². The lowest BCUT2D eigenvalue weighted by atomic mass is 9.92. The van der Waals surface area contributed by atoms with Gasteiger partial charge < -0.3 is 19.7 Å². The second kappa shape index (κ2) is 9.85. The summed E-state index contributed by atoms with van der Waals surface area (Å²) < 4.78 is 12.4. The molecule has 0 fully saturated rings. The van der Waals surface area contributed by atoms with Crippen LogP contribution >= 0.6 is 0 Å². The lowest BCUT2D eigenvalue weighted by Crippen LogP contribution is -2.43. The summed E-state index contributed by atoms with van der Waals surface area (Å²) in [6, 6.07) is 6.70. The number of aromatic nitrogens is 2. The number of ether oxygens (including phenoxy) is 2. The van der Waals surface area contributed by atoms with Gasteiger partial charge in [-0.15, -0.1) is 0 Å². The van der Waals surface area contributed by atoms with Gasteiger partial charge in [-0.05, 0) is 46.8 Å². The first-order chi connectivity index (χ1) is 15.2. The van der Waals surface area contributed by atoms with Crippen molar-refractivity contribution in [1.82, 2.24) is 14.7 Å². The molecule has 182 valence electrons. The molecular weight excluding hydrogens is 420 g/mol. The lowest BCUT2D eigenvalue weighted by Gasteiger charge is -2.27. The molecule has 0 spiro atoms. The molecule has 0 aliphatic rings. The van der Waals surface area contributed by atoms with Gasteiger partial charge in [-0.1, -0.05) is 20.8 Å². The third kappa shape index (κ3) is 6.27. The van der Waals surface area contributed by atoms with E-state index in [-0.39, 0.29) is 35.4 Å². The van der Waals surface area contributed by atoms with Gasteiger partial charge in [-0.25, -0.2) is 4.68 Å². The average molecular weight is 459 g/mol. The Morgan fingerprint density at radius 3 is 2.18 bits per heavy atom. The molecule has 1 N–H and O–H groups in total. The van der Waals surface area contributed by atoms with Crippen LogP contribution in [0.1, 0.15) is 71.4 Å². The van der Waals surface area contributed by atoms with Crippen LogP contribution in [0, 0.1) is 0 Å². The van der Waals surface area contributed by atoms with Crippen molar-refractivity contribution in [3.05, 3.63) is 35.5 Å². The first-order valence-corrected chi connectivity index (χ1v) is 11.1. The molecule has 0 unspecified atom stereocenters. The van der Waals surface area contributed by atoms with Gasteiger partial charge in [0.05, 0.1) is 31.0 Å². The largest absolute Gasteiger partial charge is 0.497 e. The first-order valence-electron chi connectivity index (χ1n) is 11.1. The second-order valence-corrected chi connectivity index (χ2v) is 10.4. The van der Waals surface area contributed by atoms with Crippen LogP contribution in [0.3, 0.4) is 0 Å². The molecule has 1 heterocycles. The maximum absolute atomic E-state index is 13.3. The van der Waals surface area contributed by atoms with E-state index in [2.05, 4.69) is 26.1 Å². The third-order valence-corrected chi connectivity index (χ3v) is 5.22. The molecule has 8 nitrogen and oxygen atoms in total. The Bertz CT molecular complexity index is 997. The Morgan fingerprint density at radius 2 is 1.70 bits per heavy atom. The van der Waals surface area contributed by atoms with E-state index in [0.29, 0.717) is 22.9 Å². The SMILES string of the molecule is COc1ccc(C(=O)N(CC(=O)Nc2cc(C(C)(C)C)nn2C(C)(C)C)C(C)C)c(OC)c1. The van der Waals surface area contributed by atoms with E-state index in [1.54, 1.807) is 25.3 Å². The highest BCUT2D eigenvalue weighted by atomic mass is 16.5. The van der Waals surface area contributed by atoms with Gasteiger partial charge in [0.1, 0.15) is 23.9 Å². The van der Waals surface area contributed by atoms with E-state index >= 15 is 0 Å². The van der Waals surface area contributed by atoms with Crippen LogP contribution < -0.4 is 14.8 Å². The molecule has 8 heteroatoms. The minimum absolute atomic E-state index is 0.105. The number of rotatable bonds is 7. The topological polar surface area (TPSA) is 85.7 Å². The van der Waals surface area contributed by atoms with E-state index < -0.39 is 0 Å². The fraction of sp³-hybridized carbons (Fsp3) is 0.560. The summed E-state index contributed by atoms with van der Waals surface area (Å²) in [5, 5.41) is 7.70. The smallest absolute Gasteiger partial charge is 0.258 e. The molecule has 33 heavy (non-hydrogen) atoms. The van der Waals surface area contributed by atoms with Gasteiger partial charge in [0.15, 0.2) is 0 Å². The number of hydrogen-bond donors (Lipinski definition) is 1. The molecule has 0 saturated heterocycles. The van der Waals surface area contributed by atoms with Crippen LogP contribution in [0.15, 0.2) is 24.3 Å². The molecule has 2 rings (SSSR count). The van der Waals surface area contributed by atoms with Crippen molar-refractivity contribution >= 4 is 17.6 Å². The minimum Gasteiger partial charge on any atom is -0.497 e. The molecule has 1 aromatic heterocycles. The van der Waals surface area contributed by atoms with Gasteiger partial charge >= 0.3 is 0 Å². The summed E-state index contributed by atoms with van der Waals surface area (Å²) in [5.41, 5.74) is 0.763. The summed E-state index contributed by atoms with van der Waals surface area (Å²) in [5.74, 6) is 0.999. The molecule has 0 atom stereocenters. The zero-order valence-electron chi connectivity index (χ0n) is 21.6. The number of nitrogens with zero attached hydrogens (tertiary/aromatic N) is 3. The van der Waals surface area contributed by atoms with Crippen LogP contribution in [0.25, 0.3) is 0 Å². The quantitative estimate of drug-likeness (QED) is 0.663. The summed E-state index contributed by atoms with van der Waals surface area (Å²) in [4.78, 5) is 27.9. The van der Waals surface area contributed by atoms with Crippen molar-refractivity contribution in [1.29, 1.82) is 0 Å². The number of nitrogens with one attached hydrogen (secondary N) is 1. The number of benzene rings is 1. The van der Waals surface area contributed by atoms with Crippen molar-refractivity contribution < 1.29 is 19.1 Å². The van der Waals surface area contributed by atoms with Crippen molar-refractivity contribution in [3.8, 4) is 11.5 Å². The number of carbonyl (C=O) groups is 2. The van der Waals surface area contributed by atoms with Crippen molar-refractivity contribution in [3.63, 3.8) is 0 Å². The molecule has 0 aliphatic carbocycles. The maximum Gasteiger partial charge on any atom is 0.258 e. The Hall–Kier alpha value is -3.03. The Morgan fingerprint density at radius 1 is 1.06 bits per heavy atom. The molecule has 2 amide bonds. The lowest BCUT2D eigenvalue weighted by molar-refractivity contribution is -0.117. The van der Waals surface area contributed by atoms with Crippen molar-refractivity contribution in [2.45, 2.75) is 72.4 Å². The van der Waals surface area contributed by atoms with Gasteiger partial charge in [0.2, 0.25) is 5.91 Å². The Kier molecular flexibility index (Phi) is 7.83. The summed E-state index contributed by atoms with van der Waals surface area (Å²) in [6.07, 6.45) is 0. The van der Waals surface area contributed by atoms with Gasteiger partial charge in [-0.2, -0.15) is 5.10 Å². The molecule has 0 bridgehead atoms. The minimum atomic E-state index is -0.323. The van der Waals surface area contributed by atoms with Crippen LogP contribution in [0.4, 0.5) is 5.82 Å². The number of hydrogen-bond acceptors (Lipinski definition) is 5. The summed E-state index contributed by atoms with van der Waals surface area (Å²) in [7, 11) is 3.05. The average Bonchev–Trinajstić information content (AvgIpc) is 3.15. The molecule has 0 radical (unpaired) electrons. The van der Waals surface area contributed by atoms with E-state index in [0.717, 1.165) is 5.69 Å². The van der Waals surface area contributed by atoms with Crippen LogP contribution in [0.2, 0.25) is 0 Å². The van der Waals surface area contributed by atoms with E-state index in [4.69, 9.17) is 14.6 Å². The highest BCUT2D eigenvalue weighted by Gasteiger charge is 2.28. The van der Waals surface area contributed by atoms with Gasteiger partial charge in [0.25, 0.3) is 5.91 Å². The van der Waals surface area contributed by atoms with Gasteiger partial charge in [0, 0.05) is 23.6 Å². The van der Waals surface area contributed by atoms with Crippen LogP contribution in [-0.4, -0.2) is 53.3 Å². The van der Waals surface area contributed by atoms with E-state index in [9.17, 15) is 9.59 Å². The number of carbonyl (C=O) groups excluding carboxylic acids is 2. The summed E-state index contributed by atoms with van der Waals surface area (Å²) >= 11 is 0. The molecule has 1 aromatic carbocycles. The predicted molar refractivity (Wildman–Crippen MR) is 130 cm³/mol. The molecule has 2 aromatic rings. The highest BCUT2D eigenvalue weighted by molar-refractivity contribution is 6.01. The van der Waals surface area contributed by atoms with Gasteiger partial charge in [-0.3, -0.25) is 9.59 Å². The maximum atomic E-state index is 13.3. The van der Waals surface area contributed by atoms with Crippen molar-refractivity contribution in [2.24, 2.45) is 0 Å². The third-order valence-electron chi connectivity index (χ3n) is 5.22. The molecular formula is C25H38N4O4. The summed E-state index contributed by atoms with van der Waals surface area (Å²) in [6.45, 7) is 16.0. The van der Waals surface area contributed by atoms with E-state index in [1.807, 2.05) is 45.4 Å². The highest BCUT2D eigenvalue weighted by Crippen LogP contribution is 2.29. The molecule has 0 saturated carbocycles. The number of amides is 2. The second-order valence-electron chi connectivity index (χ2n) is 10.4. The normalized spacial score (nSPS) is 12.0. The van der Waals surface area contributed by atoms with Crippen LogP contribution in [0.5, 0.6) is 11.5 Å². The standard InChI is InChI=1S/C25H38N4O4/c1-16(2)28(23(31)18-12-11-17(32-9)13-19(18)33-10)15-22(30)26-21-14-20(24(3,4)5)27-29(21)25(6,7)8/h11-14,16H,15H2,1-10H3,(H,26,30). The Labute approximate surface area is 197 Å². The monoisotopic (exact) mass is 458 g/mol. The fourth-order valence-corrected chi connectivity index (χ4v) is 3.30. The zero-order chi connectivity index (χ0) is 25.1. The fourth-order valence-electron chi connectivity index (χ4n) is 3.30. The zero-order valence-corrected chi connectivity index (χ0v) is 21.6.